The second-order valence-electron chi connectivity index (χ2n) is 3.25. The smallest absolute Gasteiger partial charge is 0.305 e. The fourth-order valence-corrected chi connectivity index (χ4v) is 2.16. The van der Waals surface area contributed by atoms with Gasteiger partial charge in [-0.1, -0.05) is 0 Å². The predicted octanol–water partition coefficient (Wildman–Crippen LogP) is 2.45. The first kappa shape index (κ1) is 11.9. The maximum Gasteiger partial charge on any atom is 0.305 e. The van der Waals surface area contributed by atoms with E-state index in [2.05, 4.69) is 4.74 Å². The Morgan fingerprint density at radius 3 is 2.67 bits per heavy atom. The highest BCUT2D eigenvalue weighted by Gasteiger charge is 2.05. The fraction of sp³-hybridized carbons (Fsp3) is 0.455. The second-order valence-corrected chi connectivity index (χ2v) is 4.42. The summed E-state index contributed by atoms with van der Waals surface area (Å²) in [5, 5.41) is 0. The first-order chi connectivity index (χ1) is 7.13. The zero-order chi connectivity index (χ0) is 11.3. The molecule has 0 saturated carbocycles. The molecule has 0 spiro atoms. The van der Waals surface area contributed by atoms with Crippen molar-refractivity contribution >= 4 is 23.1 Å². The molecular formula is C11H14O3S. The molecule has 0 bridgehead atoms. The molecule has 82 valence electrons. The van der Waals surface area contributed by atoms with Crippen LogP contribution in [0.1, 0.15) is 34.3 Å². The Labute approximate surface area is 93.1 Å². The summed E-state index contributed by atoms with van der Waals surface area (Å²) < 4.78 is 4.54. The van der Waals surface area contributed by atoms with E-state index < -0.39 is 0 Å². The SMILES string of the molecule is COC(=O)CCCc1ccc(C(C)=O)s1. The van der Waals surface area contributed by atoms with E-state index in [0.717, 1.165) is 22.6 Å². The first-order valence-electron chi connectivity index (χ1n) is 4.80. The molecule has 0 aromatic carbocycles. The van der Waals surface area contributed by atoms with Gasteiger partial charge in [0.2, 0.25) is 0 Å². The Balaban J connectivity index is 2.38. The van der Waals surface area contributed by atoms with E-state index in [1.165, 1.54) is 18.4 Å². The Kier molecular flexibility index (Phi) is 4.49. The van der Waals surface area contributed by atoms with Crippen LogP contribution in [0.4, 0.5) is 0 Å². The maximum atomic E-state index is 11.0. The number of methoxy groups -OCH3 is 1. The summed E-state index contributed by atoms with van der Waals surface area (Å²) in [5.74, 6) is -0.0856. The molecule has 0 aliphatic heterocycles. The van der Waals surface area contributed by atoms with Crippen molar-refractivity contribution in [1.29, 1.82) is 0 Å². The molecule has 1 heterocycles. The molecule has 15 heavy (non-hydrogen) atoms. The molecule has 0 unspecified atom stereocenters. The summed E-state index contributed by atoms with van der Waals surface area (Å²) in [6.45, 7) is 1.56. The van der Waals surface area contributed by atoms with Gasteiger partial charge in [0.1, 0.15) is 0 Å². The molecule has 0 radical (unpaired) electrons. The Bertz CT molecular complexity index is 354. The summed E-state index contributed by atoms with van der Waals surface area (Å²) in [7, 11) is 1.39. The van der Waals surface area contributed by atoms with Gasteiger partial charge in [-0.05, 0) is 31.9 Å². The van der Waals surface area contributed by atoms with Gasteiger partial charge in [0.15, 0.2) is 5.78 Å². The monoisotopic (exact) mass is 226 g/mol. The Morgan fingerprint density at radius 2 is 2.13 bits per heavy atom. The van der Waals surface area contributed by atoms with Gasteiger partial charge in [0.25, 0.3) is 0 Å². The lowest BCUT2D eigenvalue weighted by Crippen LogP contribution is -1.99. The van der Waals surface area contributed by atoms with E-state index in [1.54, 1.807) is 6.92 Å². The lowest BCUT2D eigenvalue weighted by atomic mass is 10.2. The summed E-state index contributed by atoms with van der Waals surface area (Å²) in [6.07, 6.45) is 2.03. The number of rotatable bonds is 5. The van der Waals surface area contributed by atoms with Crippen LogP contribution in [0.5, 0.6) is 0 Å². The molecule has 1 aromatic heterocycles. The summed E-state index contributed by atoms with van der Waals surface area (Å²) >= 11 is 1.50. The lowest BCUT2D eigenvalue weighted by molar-refractivity contribution is -0.140. The summed E-state index contributed by atoms with van der Waals surface area (Å²) in [4.78, 5) is 23.8. The molecule has 3 nitrogen and oxygen atoms in total. The van der Waals surface area contributed by atoms with E-state index in [-0.39, 0.29) is 11.8 Å². The number of hydrogen-bond donors (Lipinski definition) is 0. The van der Waals surface area contributed by atoms with Gasteiger partial charge in [-0.25, -0.2) is 0 Å². The van der Waals surface area contributed by atoms with Crippen molar-refractivity contribution in [3.8, 4) is 0 Å². The number of ketones is 1. The number of esters is 1. The summed E-state index contributed by atoms with van der Waals surface area (Å²) in [5.41, 5.74) is 0. The molecule has 4 heteroatoms. The topological polar surface area (TPSA) is 43.4 Å². The van der Waals surface area contributed by atoms with Crippen LogP contribution in [0.15, 0.2) is 12.1 Å². The number of carbonyl (C=O) groups is 2. The van der Waals surface area contributed by atoms with E-state index >= 15 is 0 Å². The van der Waals surface area contributed by atoms with Crippen molar-refractivity contribution in [2.45, 2.75) is 26.2 Å². The molecule has 0 aliphatic rings. The number of hydrogen-bond acceptors (Lipinski definition) is 4. The zero-order valence-corrected chi connectivity index (χ0v) is 9.73. The Hall–Kier alpha value is -1.16. The average Bonchev–Trinajstić information content (AvgIpc) is 2.66. The molecule has 0 amide bonds. The quantitative estimate of drug-likeness (QED) is 0.572. The average molecular weight is 226 g/mol. The standard InChI is InChI=1S/C11H14O3S/c1-8(12)10-7-6-9(15-10)4-3-5-11(13)14-2/h6-7H,3-5H2,1-2H3. The van der Waals surface area contributed by atoms with E-state index in [9.17, 15) is 9.59 Å². The third-order valence-corrected chi connectivity index (χ3v) is 3.29. The van der Waals surface area contributed by atoms with Crippen molar-refractivity contribution in [1.82, 2.24) is 0 Å². The van der Waals surface area contributed by atoms with Crippen molar-refractivity contribution < 1.29 is 14.3 Å². The first-order valence-corrected chi connectivity index (χ1v) is 5.61. The molecular weight excluding hydrogens is 212 g/mol. The minimum atomic E-state index is -0.182. The van der Waals surface area contributed by atoms with Gasteiger partial charge in [0, 0.05) is 11.3 Å². The van der Waals surface area contributed by atoms with Crippen LogP contribution in [0.2, 0.25) is 0 Å². The van der Waals surface area contributed by atoms with Gasteiger partial charge in [-0.3, -0.25) is 9.59 Å². The van der Waals surface area contributed by atoms with Crippen LogP contribution in [-0.2, 0) is 16.0 Å². The van der Waals surface area contributed by atoms with Crippen molar-refractivity contribution in [3.05, 3.63) is 21.9 Å². The lowest BCUT2D eigenvalue weighted by Gasteiger charge is -1.97. The number of carbonyl (C=O) groups excluding carboxylic acids is 2. The van der Waals surface area contributed by atoms with Gasteiger partial charge in [-0.15, -0.1) is 11.3 Å². The number of Topliss-reactive ketones (excluding diaryl/α,β-unsaturated/α-hetero) is 1. The van der Waals surface area contributed by atoms with Crippen LogP contribution >= 0.6 is 11.3 Å². The number of thiophene rings is 1. The molecule has 1 rings (SSSR count). The van der Waals surface area contributed by atoms with Crippen LogP contribution in [0, 0.1) is 0 Å². The maximum absolute atomic E-state index is 11.0. The summed E-state index contributed by atoms with van der Waals surface area (Å²) in [6, 6.07) is 3.78. The van der Waals surface area contributed by atoms with Gasteiger partial charge in [-0.2, -0.15) is 0 Å². The zero-order valence-electron chi connectivity index (χ0n) is 8.91. The highest BCUT2D eigenvalue weighted by molar-refractivity contribution is 7.14. The number of ether oxygens (including phenoxy) is 1. The van der Waals surface area contributed by atoms with Crippen LogP contribution in [-0.4, -0.2) is 18.9 Å². The van der Waals surface area contributed by atoms with E-state index in [1.807, 2.05) is 12.1 Å². The van der Waals surface area contributed by atoms with Gasteiger partial charge < -0.3 is 4.74 Å². The van der Waals surface area contributed by atoms with Crippen LogP contribution in [0.25, 0.3) is 0 Å². The van der Waals surface area contributed by atoms with E-state index in [0.29, 0.717) is 6.42 Å². The normalized spacial score (nSPS) is 10.0. The predicted molar refractivity (Wildman–Crippen MR) is 59.3 cm³/mol. The molecule has 0 saturated heterocycles. The third-order valence-electron chi connectivity index (χ3n) is 2.04. The minimum Gasteiger partial charge on any atom is -0.469 e. The van der Waals surface area contributed by atoms with Crippen LogP contribution in [0.3, 0.4) is 0 Å². The minimum absolute atomic E-state index is 0.0965. The van der Waals surface area contributed by atoms with Crippen molar-refractivity contribution in [2.24, 2.45) is 0 Å². The molecule has 0 N–H and O–H groups in total. The highest BCUT2D eigenvalue weighted by atomic mass is 32.1. The molecule has 1 aromatic rings. The van der Waals surface area contributed by atoms with Crippen molar-refractivity contribution in [3.63, 3.8) is 0 Å². The third kappa shape index (κ3) is 3.83. The molecule has 0 atom stereocenters. The second kappa shape index (κ2) is 5.66. The highest BCUT2D eigenvalue weighted by Crippen LogP contribution is 2.18. The van der Waals surface area contributed by atoms with Crippen molar-refractivity contribution in [2.75, 3.05) is 7.11 Å². The largest absolute Gasteiger partial charge is 0.469 e. The Morgan fingerprint density at radius 1 is 1.40 bits per heavy atom. The van der Waals surface area contributed by atoms with E-state index in [4.69, 9.17) is 0 Å². The van der Waals surface area contributed by atoms with Gasteiger partial charge in [0.05, 0.1) is 12.0 Å². The molecule has 0 aliphatic carbocycles. The van der Waals surface area contributed by atoms with Gasteiger partial charge >= 0.3 is 5.97 Å². The van der Waals surface area contributed by atoms with Crippen LogP contribution < -0.4 is 0 Å². The fourth-order valence-electron chi connectivity index (χ4n) is 1.21. The molecule has 0 fully saturated rings. The number of aryl methyl sites for hydroxylation is 1.